The summed E-state index contributed by atoms with van der Waals surface area (Å²) in [5.74, 6) is 1.03. The van der Waals surface area contributed by atoms with Crippen molar-refractivity contribution in [2.45, 2.75) is 45.3 Å². The number of aliphatic imine (C=N–C) groups is 1. The average Bonchev–Trinajstić information content (AvgIpc) is 2.61. The molecule has 1 aliphatic rings. The van der Waals surface area contributed by atoms with Crippen LogP contribution in [0.5, 0.6) is 5.75 Å². The van der Waals surface area contributed by atoms with Crippen molar-refractivity contribution in [1.29, 1.82) is 0 Å². The molecule has 1 fully saturated rings. The second-order valence-electron chi connectivity index (χ2n) is 7.14. The van der Waals surface area contributed by atoms with E-state index in [0.29, 0.717) is 24.6 Å². The van der Waals surface area contributed by atoms with Crippen molar-refractivity contribution < 1.29 is 22.7 Å². The third-order valence-corrected chi connectivity index (χ3v) is 4.71. The van der Waals surface area contributed by atoms with Crippen LogP contribution < -0.4 is 20.7 Å². The molecule has 1 amide bonds. The second-order valence-corrected chi connectivity index (χ2v) is 7.14. The predicted molar refractivity (Wildman–Crippen MR) is 121 cm³/mol. The quantitative estimate of drug-likeness (QED) is 0.193. The standard InChI is InChI=1S/C20H29F3N4O2.HI/c1-14-7-8-16(17(11-14)29-13-20(21,22)23)12-27-19(24-2)26-10-4-9-25-18(28)15-5-3-6-15;/h7-8,11,15H,3-6,9-10,12-13H2,1-2H3,(H,25,28)(H2,24,26,27);1H. The van der Waals surface area contributed by atoms with E-state index in [4.69, 9.17) is 4.74 Å². The number of hydrogen-bond donors (Lipinski definition) is 3. The maximum absolute atomic E-state index is 12.5. The molecule has 0 heterocycles. The Morgan fingerprint density at radius 3 is 2.50 bits per heavy atom. The molecule has 1 saturated carbocycles. The van der Waals surface area contributed by atoms with Crippen molar-refractivity contribution in [3.63, 3.8) is 0 Å². The van der Waals surface area contributed by atoms with Gasteiger partial charge in [0.25, 0.3) is 0 Å². The maximum atomic E-state index is 12.5. The van der Waals surface area contributed by atoms with Gasteiger partial charge in [0.05, 0.1) is 0 Å². The Hall–Kier alpha value is -1.72. The van der Waals surface area contributed by atoms with Gasteiger partial charge in [0.2, 0.25) is 5.91 Å². The number of halogens is 4. The van der Waals surface area contributed by atoms with E-state index in [0.717, 1.165) is 31.2 Å². The second kappa shape index (κ2) is 12.9. The summed E-state index contributed by atoms with van der Waals surface area (Å²) in [6, 6.07) is 5.14. The number of ether oxygens (including phenoxy) is 1. The summed E-state index contributed by atoms with van der Waals surface area (Å²) in [5.41, 5.74) is 1.42. The summed E-state index contributed by atoms with van der Waals surface area (Å²) in [6.45, 7) is 1.93. The molecule has 0 aromatic heterocycles. The van der Waals surface area contributed by atoms with E-state index < -0.39 is 12.8 Å². The highest BCUT2D eigenvalue weighted by molar-refractivity contribution is 14.0. The zero-order valence-electron chi connectivity index (χ0n) is 17.3. The number of carbonyl (C=O) groups is 1. The van der Waals surface area contributed by atoms with Crippen molar-refractivity contribution in [2.75, 3.05) is 26.7 Å². The highest BCUT2D eigenvalue weighted by Crippen LogP contribution is 2.26. The normalized spacial score (nSPS) is 14.4. The number of rotatable bonds is 9. The van der Waals surface area contributed by atoms with Gasteiger partial charge >= 0.3 is 6.18 Å². The fraction of sp³-hybridized carbons (Fsp3) is 0.600. The molecule has 2 rings (SSSR count). The summed E-state index contributed by atoms with van der Waals surface area (Å²) in [7, 11) is 1.61. The SMILES string of the molecule is CN=C(NCCCNC(=O)C1CCC1)NCc1ccc(C)cc1OCC(F)(F)F.I. The molecule has 0 aliphatic heterocycles. The summed E-state index contributed by atoms with van der Waals surface area (Å²) >= 11 is 0. The number of alkyl halides is 3. The van der Waals surface area contributed by atoms with Crippen LogP contribution in [0, 0.1) is 12.8 Å². The highest BCUT2D eigenvalue weighted by Gasteiger charge is 2.29. The Labute approximate surface area is 192 Å². The van der Waals surface area contributed by atoms with Gasteiger partial charge in [-0.3, -0.25) is 9.79 Å². The molecule has 3 N–H and O–H groups in total. The zero-order chi connectivity index (χ0) is 21.3. The number of aryl methyl sites for hydroxylation is 1. The molecular formula is C20H30F3IN4O2. The Morgan fingerprint density at radius 2 is 1.90 bits per heavy atom. The van der Waals surface area contributed by atoms with Crippen LogP contribution in [0.3, 0.4) is 0 Å². The molecule has 1 aliphatic carbocycles. The minimum Gasteiger partial charge on any atom is -0.484 e. The van der Waals surface area contributed by atoms with Crippen LogP contribution in [0.25, 0.3) is 0 Å². The Morgan fingerprint density at radius 1 is 1.20 bits per heavy atom. The Bertz CT molecular complexity index is 710. The van der Waals surface area contributed by atoms with Crippen molar-refractivity contribution in [3.8, 4) is 5.75 Å². The molecule has 30 heavy (non-hydrogen) atoms. The lowest BCUT2D eigenvalue weighted by Gasteiger charge is -2.24. The maximum Gasteiger partial charge on any atom is 0.422 e. The number of guanidine groups is 1. The van der Waals surface area contributed by atoms with Crippen molar-refractivity contribution >= 4 is 35.8 Å². The van der Waals surface area contributed by atoms with E-state index in [1.165, 1.54) is 0 Å². The van der Waals surface area contributed by atoms with Gasteiger partial charge in [0.15, 0.2) is 12.6 Å². The van der Waals surface area contributed by atoms with Crippen molar-refractivity contribution in [3.05, 3.63) is 29.3 Å². The largest absolute Gasteiger partial charge is 0.484 e. The average molecular weight is 542 g/mol. The smallest absolute Gasteiger partial charge is 0.422 e. The van der Waals surface area contributed by atoms with Crippen LogP contribution in [0.4, 0.5) is 13.2 Å². The van der Waals surface area contributed by atoms with Crippen LogP contribution in [0.2, 0.25) is 0 Å². The molecule has 1 aromatic carbocycles. The highest BCUT2D eigenvalue weighted by atomic mass is 127. The first-order valence-electron chi connectivity index (χ1n) is 9.80. The number of nitrogens with one attached hydrogen (secondary N) is 3. The minimum absolute atomic E-state index is 0. The lowest BCUT2D eigenvalue weighted by atomic mass is 9.85. The molecule has 0 atom stereocenters. The van der Waals surface area contributed by atoms with Gasteiger partial charge in [0, 0.05) is 38.2 Å². The Balaban J connectivity index is 0.00000450. The van der Waals surface area contributed by atoms with E-state index in [2.05, 4.69) is 20.9 Å². The topological polar surface area (TPSA) is 74.8 Å². The van der Waals surface area contributed by atoms with Gasteiger partial charge in [-0.15, -0.1) is 24.0 Å². The van der Waals surface area contributed by atoms with Crippen LogP contribution >= 0.6 is 24.0 Å². The van der Waals surface area contributed by atoms with Gasteiger partial charge in [-0.25, -0.2) is 0 Å². The van der Waals surface area contributed by atoms with Crippen LogP contribution in [-0.2, 0) is 11.3 Å². The monoisotopic (exact) mass is 542 g/mol. The first kappa shape index (κ1) is 26.3. The van der Waals surface area contributed by atoms with Crippen LogP contribution in [-0.4, -0.2) is 44.8 Å². The molecule has 1 aromatic rings. The summed E-state index contributed by atoms with van der Waals surface area (Å²) in [4.78, 5) is 15.9. The fourth-order valence-corrected chi connectivity index (χ4v) is 2.82. The number of carbonyl (C=O) groups excluding carboxylic acids is 1. The third-order valence-electron chi connectivity index (χ3n) is 4.71. The fourth-order valence-electron chi connectivity index (χ4n) is 2.82. The van der Waals surface area contributed by atoms with E-state index in [9.17, 15) is 18.0 Å². The minimum atomic E-state index is -4.39. The van der Waals surface area contributed by atoms with Gasteiger partial charge < -0.3 is 20.7 Å². The summed E-state index contributed by atoms with van der Waals surface area (Å²) in [5, 5.41) is 9.12. The van der Waals surface area contributed by atoms with Gasteiger partial charge in [-0.05, 0) is 37.8 Å². The van der Waals surface area contributed by atoms with E-state index in [1.807, 2.05) is 6.07 Å². The molecule has 0 radical (unpaired) electrons. The van der Waals surface area contributed by atoms with Crippen molar-refractivity contribution in [2.24, 2.45) is 10.9 Å². The number of hydrogen-bond acceptors (Lipinski definition) is 3. The molecule has 170 valence electrons. The third kappa shape index (κ3) is 9.40. The Kier molecular flexibility index (Phi) is 11.3. The van der Waals surface area contributed by atoms with Gasteiger partial charge in [0.1, 0.15) is 5.75 Å². The number of amides is 1. The van der Waals surface area contributed by atoms with Gasteiger partial charge in [-0.1, -0.05) is 18.6 Å². The lowest BCUT2D eigenvalue weighted by molar-refractivity contribution is -0.153. The molecule has 0 spiro atoms. The summed E-state index contributed by atoms with van der Waals surface area (Å²) in [6.07, 6.45) is -0.558. The lowest BCUT2D eigenvalue weighted by Crippen LogP contribution is -2.39. The van der Waals surface area contributed by atoms with Crippen molar-refractivity contribution in [1.82, 2.24) is 16.0 Å². The number of benzene rings is 1. The molecular weight excluding hydrogens is 512 g/mol. The zero-order valence-corrected chi connectivity index (χ0v) is 19.6. The molecule has 6 nitrogen and oxygen atoms in total. The van der Waals surface area contributed by atoms with Gasteiger partial charge in [-0.2, -0.15) is 13.2 Å². The first-order chi connectivity index (χ1) is 13.8. The predicted octanol–water partition coefficient (Wildman–Crippen LogP) is 3.53. The first-order valence-corrected chi connectivity index (χ1v) is 9.80. The molecule has 0 bridgehead atoms. The van der Waals surface area contributed by atoms with E-state index in [1.54, 1.807) is 26.1 Å². The number of nitrogens with zero attached hydrogens (tertiary/aromatic N) is 1. The van der Waals surface area contributed by atoms with Crippen LogP contribution in [0.15, 0.2) is 23.2 Å². The van der Waals surface area contributed by atoms with E-state index >= 15 is 0 Å². The van der Waals surface area contributed by atoms with E-state index in [-0.39, 0.29) is 48.1 Å². The summed E-state index contributed by atoms with van der Waals surface area (Å²) < 4.78 is 42.3. The molecule has 0 saturated heterocycles. The molecule has 0 unspecified atom stereocenters. The van der Waals surface area contributed by atoms with Crippen LogP contribution in [0.1, 0.15) is 36.8 Å². The molecule has 10 heteroatoms.